The first-order chi connectivity index (χ1) is 15.0. The molecule has 3 heterocycles. The van der Waals surface area contributed by atoms with E-state index in [9.17, 15) is 0 Å². The monoisotopic (exact) mass is 414 g/mol. The molecular formula is C25H30N6. The summed E-state index contributed by atoms with van der Waals surface area (Å²) < 4.78 is 0. The largest absolute Gasteiger partial charge is 0.369 e. The van der Waals surface area contributed by atoms with Gasteiger partial charge in [-0.25, -0.2) is 9.97 Å². The summed E-state index contributed by atoms with van der Waals surface area (Å²) in [7, 11) is 2.19. The molecule has 31 heavy (non-hydrogen) atoms. The van der Waals surface area contributed by atoms with Gasteiger partial charge in [0.1, 0.15) is 0 Å². The van der Waals surface area contributed by atoms with E-state index in [4.69, 9.17) is 9.98 Å². The fourth-order valence-electron chi connectivity index (χ4n) is 4.51. The fraction of sp³-hybridized carbons (Fsp3) is 0.400. The summed E-state index contributed by atoms with van der Waals surface area (Å²) in [4.78, 5) is 19.1. The van der Waals surface area contributed by atoms with Gasteiger partial charge in [-0.3, -0.25) is 4.99 Å². The molecule has 1 aromatic heterocycles. The van der Waals surface area contributed by atoms with Gasteiger partial charge in [-0.1, -0.05) is 26.0 Å². The van der Waals surface area contributed by atoms with Gasteiger partial charge >= 0.3 is 0 Å². The summed E-state index contributed by atoms with van der Waals surface area (Å²) in [5.74, 6) is 1.01. The van der Waals surface area contributed by atoms with Crippen molar-refractivity contribution in [2.24, 2.45) is 10.9 Å². The molecule has 3 aromatic rings. The Morgan fingerprint density at radius 2 is 1.84 bits per heavy atom. The number of anilines is 3. The highest BCUT2D eigenvalue weighted by atomic mass is 15.2. The van der Waals surface area contributed by atoms with Gasteiger partial charge in [0, 0.05) is 60.4 Å². The number of aliphatic imine (C=N–C) groups is 1. The Kier molecular flexibility index (Phi) is 5.10. The number of likely N-dealkylation sites (N-methyl/N-ethyl adjacent to an activating group) is 1. The summed E-state index contributed by atoms with van der Waals surface area (Å²) in [6.07, 6.45) is 1.91. The van der Waals surface area contributed by atoms with E-state index < -0.39 is 0 Å². The van der Waals surface area contributed by atoms with Crippen molar-refractivity contribution in [1.29, 1.82) is 0 Å². The van der Waals surface area contributed by atoms with Gasteiger partial charge in [-0.05, 0) is 49.2 Å². The number of hydrogen-bond acceptors (Lipinski definition) is 6. The van der Waals surface area contributed by atoms with Crippen molar-refractivity contribution >= 4 is 33.9 Å². The third kappa shape index (κ3) is 3.76. The van der Waals surface area contributed by atoms with E-state index in [0.29, 0.717) is 11.9 Å². The van der Waals surface area contributed by atoms with Crippen LogP contribution in [0.15, 0.2) is 41.5 Å². The van der Waals surface area contributed by atoms with Crippen molar-refractivity contribution in [2.75, 3.05) is 43.4 Å². The van der Waals surface area contributed by atoms with Crippen LogP contribution in [-0.4, -0.2) is 53.8 Å². The number of hydrogen-bond donors (Lipinski definition) is 1. The van der Waals surface area contributed by atoms with Crippen molar-refractivity contribution < 1.29 is 0 Å². The van der Waals surface area contributed by atoms with Crippen molar-refractivity contribution in [2.45, 2.75) is 27.3 Å². The van der Waals surface area contributed by atoms with Crippen molar-refractivity contribution in [1.82, 2.24) is 14.9 Å². The summed E-state index contributed by atoms with van der Waals surface area (Å²) in [6.45, 7) is 11.6. The summed E-state index contributed by atoms with van der Waals surface area (Å²) in [5.41, 5.74) is 8.12. The highest BCUT2D eigenvalue weighted by molar-refractivity contribution is 6.13. The maximum atomic E-state index is 4.92. The van der Waals surface area contributed by atoms with Crippen LogP contribution in [0.3, 0.4) is 0 Å². The SMILES string of the molecule is Cc1cc(N2CCN(C)CC2)ccc1Nc1ncc2ccc3c(c2n1)C(C(C)C)=NC3. The Morgan fingerprint density at radius 3 is 2.58 bits per heavy atom. The number of nitrogens with zero attached hydrogens (tertiary/aromatic N) is 5. The number of nitrogens with one attached hydrogen (secondary N) is 1. The number of rotatable bonds is 4. The Morgan fingerprint density at radius 1 is 1.03 bits per heavy atom. The second-order valence-electron chi connectivity index (χ2n) is 9.00. The predicted octanol–water partition coefficient (Wildman–Crippen LogP) is 4.39. The van der Waals surface area contributed by atoms with Crippen LogP contribution in [0.25, 0.3) is 10.9 Å². The Hall–Kier alpha value is -2.99. The quantitative estimate of drug-likeness (QED) is 0.686. The molecule has 0 unspecified atom stereocenters. The Labute approximate surface area is 184 Å². The van der Waals surface area contributed by atoms with Gasteiger partial charge in [-0.15, -0.1) is 0 Å². The smallest absolute Gasteiger partial charge is 0.227 e. The molecule has 6 heteroatoms. The minimum atomic E-state index is 0.377. The normalized spacial score (nSPS) is 16.7. The van der Waals surface area contributed by atoms with E-state index in [0.717, 1.165) is 55.0 Å². The Balaban J connectivity index is 1.43. The van der Waals surface area contributed by atoms with Crippen LogP contribution in [0.5, 0.6) is 0 Å². The van der Waals surface area contributed by atoms with E-state index in [2.05, 4.69) is 78.3 Å². The van der Waals surface area contributed by atoms with Gasteiger partial charge in [0.25, 0.3) is 0 Å². The molecule has 1 fully saturated rings. The highest BCUT2D eigenvalue weighted by Gasteiger charge is 2.22. The van der Waals surface area contributed by atoms with Gasteiger partial charge in [0.15, 0.2) is 0 Å². The number of benzene rings is 2. The third-order valence-corrected chi connectivity index (χ3v) is 6.39. The minimum Gasteiger partial charge on any atom is -0.369 e. The molecule has 0 saturated carbocycles. The lowest BCUT2D eigenvalue weighted by atomic mass is 9.96. The second-order valence-corrected chi connectivity index (χ2v) is 9.00. The van der Waals surface area contributed by atoms with Crippen LogP contribution in [0.2, 0.25) is 0 Å². The lowest BCUT2D eigenvalue weighted by molar-refractivity contribution is 0.313. The van der Waals surface area contributed by atoms with Crippen LogP contribution in [0.4, 0.5) is 17.3 Å². The van der Waals surface area contributed by atoms with E-state index in [1.165, 1.54) is 22.4 Å². The standard InChI is InChI=1S/C25H30N6/c1-16(2)23-22-18(14-26-23)5-6-19-15-27-25(29-24(19)22)28-21-8-7-20(13-17(21)3)31-11-9-30(4)10-12-31/h5-8,13,15-16H,9-12,14H2,1-4H3,(H,27,28,29). The maximum absolute atomic E-state index is 4.92. The van der Waals surface area contributed by atoms with E-state index in [1.807, 2.05) is 6.20 Å². The summed E-state index contributed by atoms with van der Waals surface area (Å²) >= 11 is 0. The molecule has 6 nitrogen and oxygen atoms in total. The first-order valence-corrected chi connectivity index (χ1v) is 11.1. The molecule has 2 aliphatic heterocycles. The molecule has 0 aliphatic carbocycles. The molecule has 5 rings (SSSR count). The topological polar surface area (TPSA) is 56.6 Å². The molecule has 0 atom stereocenters. The number of aryl methyl sites for hydroxylation is 1. The zero-order valence-electron chi connectivity index (χ0n) is 18.8. The molecule has 1 saturated heterocycles. The molecular weight excluding hydrogens is 384 g/mol. The van der Waals surface area contributed by atoms with E-state index in [-0.39, 0.29) is 0 Å². The van der Waals surface area contributed by atoms with Gasteiger partial charge in [0.2, 0.25) is 5.95 Å². The zero-order valence-corrected chi connectivity index (χ0v) is 18.8. The van der Waals surface area contributed by atoms with E-state index >= 15 is 0 Å². The Bertz CT molecular complexity index is 1160. The fourth-order valence-corrected chi connectivity index (χ4v) is 4.51. The number of aromatic nitrogens is 2. The van der Waals surface area contributed by atoms with Crippen molar-refractivity contribution in [3.8, 4) is 0 Å². The molecule has 0 bridgehead atoms. The second kappa shape index (κ2) is 7.93. The molecule has 2 aromatic carbocycles. The molecule has 1 N–H and O–H groups in total. The van der Waals surface area contributed by atoms with Gasteiger partial charge < -0.3 is 15.1 Å². The number of fused-ring (bicyclic) bond motifs is 3. The average Bonchev–Trinajstić information content (AvgIpc) is 3.21. The molecule has 0 spiro atoms. The zero-order chi connectivity index (χ0) is 21.5. The van der Waals surface area contributed by atoms with Crippen LogP contribution >= 0.6 is 0 Å². The minimum absolute atomic E-state index is 0.377. The molecule has 160 valence electrons. The van der Waals surface area contributed by atoms with Crippen LogP contribution in [-0.2, 0) is 6.54 Å². The first kappa shape index (κ1) is 19.9. The molecule has 0 amide bonds. The summed E-state index contributed by atoms with van der Waals surface area (Å²) in [5, 5.41) is 4.51. The van der Waals surface area contributed by atoms with Crippen LogP contribution in [0, 0.1) is 12.8 Å². The average molecular weight is 415 g/mol. The third-order valence-electron chi connectivity index (χ3n) is 6.39. The lowest BCUT2D eigenvalue weighted by Crippen LogP contribution is -2.44. The lowest BCUT2D eigenvalue weighted by Gasteiger charge is -2.34. The molecule has 0 radical (unpaired) electrons. The van der Waals surface area contributed by atoms with Gasteiger partial charge in [-0.2, -0.15) is 0 Å². The maximum Gasteiger partial charge on any atom is 0.227 e. The highest BCUT2D eigenvalue weighted by Crippen LogP contribution is 2.31. The summed E-state index contributed by atoms with van der Waals surface area (Å²) in [6, 6.07) is 10.9. The molecule has 2 aliphatic rings. The van der Waals surface area contributed by atoms with Crippen molar-refractivity contribution in [3.63, 3.8) is 0 Å². The number of piperazine rings is 1. The predicted molar refractivity (Wildman–Crippen MR) is 129 cm³/mol. The van der Waals surface area contributed by atoms with Crippen LogP contribution in [0.1, 0.15) is 30.5 Å². The van der Waals surface area contributed by atoms with E-state index in [1.54, 1.807) is 0 Å². The first-order valence-electron chi connectivity index (χ1n) is 11.1. The van der Waals surface area contributed by atoms with Crippen molar-refractivity contribution in [3.05, 3.63) is 53.2 Å². The van der Waals surface area contributed by atoms with Crippen LogP contribution < -0.4 is 10.2 Å². The van der Waals surface area contributed by atoms with Gasteiger partial charge in [0.05, 0.1) is 12.1 Å².